The van der Waals surface area contributed by atoms with Gasteiger partial charge in [-0.3, -0.25) is 4.79 Å². The first-order valence-corrected chi connectivity index (χ1v) is 8.47. The SMILES string of the molecule is CSCC[C@H](N)C(=O)N1CCCC(CC(C)C)C1. The molecule has 1 heterocycles. The second kappa shape index (κ2) is 8.05. The molecule has 1 amide bonds. The number of carbonyl (C=O) groups excluding carboxylic acids is 1. The second-order valence-electron chi connectivity index (χ2n) is 5.81. The Morgan fingerprint density at radius 2 is 2.22 bits per heavy atom. The third-order valence-electron chi connectivity index (χ3n) is 3.59. The van der Waals surface area contributed by atoms with E-state index >= 15 is 0 Å². The maximum absolute atomic E-state index is 12.2. The molecule has 0 aromatic rings. The van der Waals surface area contributed by atoms with Gasteiger partial charge < -0.3 is 10.6 Å². The van der Waals surface area contributed by atoms with Gasteiger partial charge in [-0.2, -0.15) is 11.8 Å². The van der Waals surface area contributed by atoms with Crippen LogP contribution in [0.25, 0.3) is 0 Å². The summed E-state index contributed by atoms with van der Waals surface area (Å²) < 4.78 is 0. The van der Waals surface area contributed by atoms with E-state index in [1.807, 2.05) is 4.90 Å². The van der Waals surface area contributed by atoms with Crippen LogP contribution in [0.1, 0.15) is 39.5 Å². The molecule has 0 aromatic heterocycles. The Morgan fingerprint density at radius 3 is 2.83 bits per heavy atom. The topological polar surface area (TPSA) is 46.3 Å². The molecule has 1 rings (SSSR count). The molecule has 1 fully saturated rings. The van der Waals surface area contributed by atoms with Gasteiger partial charge in [-0.25, -0.2) is 0 Å². The van der Waals surface area contributed by atoms with Gasteiger partial charge >= 0.3 is 0 Å². The summed E-state index contributed by atoms with van der Waals surface area (Å²) in [6.45, 7) is 6.33. The molecular weight excluding hydrogens is 244 g/mol. The zero-order chi connectivity index (χ0) is 13.5. The number of thioether (sulfide) groups is 1. The lowest BCUT2D eigenvalue weighted by molar-refractivity contribution is -0.134. The fraction of sp³-hybridized carbons (Fsp3) is 0.929. The predicted molar refractivity (Wildman–Crippen MR) is 79.7 cm³/mol. The smallest absolute Gasteiger partial charge is 0.239 e. The van der Waals surface area contributed by atoms with Gasteiger partial charge in [0.15, 0.2) is 0 Å². The van der Waals surface area contributed by atoms with Crippen LogP contribution in [-0.2, 0) is 4.79 Å². The maximum atomic E-state index is 12.2. The first-order chi connectivity index (χ1) is 8.54. The third-order valence-corrected chi connectivity index (χ3v) is 4.23. The van der Waals surface area contributed by atoms with Crippen LogP contribution in [0.5, 0.6) is 0 Å². The second-order valence-corrected chi connectivity index (χ2v) is 6.80. The van der Waals surface area contributed by atoms with Crippen molar-refractivity contribution in [2.45, 2.75) is 45.6 Å². The molecule has 1 aliphatic heterocycles. The highest BCUT2D eigenvalue weighted by atomic mass is 32.2. The third kappa shape index (κ3) is 5.19. The molecule has 4 heteroatoms. The lowest BCUT2D eigenvalue weighted by Crippen LogP contribution is -2.48. The van der Waals surface area contributed by atoms with Crippen molar-refractivity contribution in [1.82, 2.24) is 4.90 Å². The van der Waals surface area contributed by atoms with Gasteiger partial charge in [0.2, 0.25) is 5.91 Å². The standard InChI is InChI=1S/C14H28N2OS/c1-11(2)9-12-5-4-7-16(10-12)14(17)13(15)6-8-18-3/h11-13H,4-10,15H2,1-3H3/t12?,13-/m0/s1. The van der Waals surface area contributed by atoms with Gasteiger partial charge in [-0.1, -0.05) is 13.8 Å². The number of carbonyl (C=O) groups is 1. The van der Waals surface area contributed by atoms with Crippen LogP contribution in [0, 0.1) is 11.8 Å². The molecule has 1 saturated heterocycles. The van der Waals surface area contributed by atoms with Crippen LogP contribution in [0.3, 0.4) is 0 Å². The van der Waals surface area contributed by atoms with Crippen molar-refractivity contribution in [3.63, 3.8) is 0 Å². The van der Waals surface area contributed by atoms with E-state index in [1.165, 1.54) is 12.8 Å². The van der Waals surface area contributed by atoms with E-state index in [0.29, 0.717) is 5.92 Å². The van der Waals surface area contributed by atoms with Crippen molar-refractivity contribution >= 4 is 17.7 Å². The Labute approximate surface area is 116 Å². The Morgan fingerprint density at radius 1 is 1.50 bits per heavy atom. The number of likely N-dealkylation sites (tertiary alicyclic amines) is 1. The number of piperidine rings is 1. The minimum Gasteiger partial charge on any atom is -0.341 e. The van der Waals surface area contributed by atoms with Crippen molar-refractivity contribution in [1.29, 1.82) is 0 Å². The van der Waals surface area contributed by atoms with Gasteiger partial charge in [0, 0.05) is 13.1 Å². The number of hydrogen-bond donors (Lipinski definition) is 1. The van der Waals surface area contributed by atoms with E-state index in [-0.39, 0.29) is 11.9 Å². The summed E-state index contributed by atoms with van der Waals surface area (Å²) in [4.78, 5) is 14.2. The highest BCUT2D eigenvalue weighted by molar-refractivity contribution is 7.98. The highest BCUT2D eigenvalue weighted by Gasteiger charge is 2.26. The van der Waals surface area contributed by atoms with E-state index in [9.17, 15) is 4.79 Å². The van der Waals surface area contributed by atoms with Gasteiger partial charge in [0.25, 0.3) is 0 Å². The van der Waals surface area contributed by atoms with Crippen LogP contribution >= 0.6 is 11.8 Å². The monoisotopic (exact) mass is 272 g/mol. The van der Waals surface area contributed by atoms with E-state index in [4.69, 9.17) is 5.73 Å². The van der Waals surface area contributed by atoms with Crippen LogP contribution in [0.15, 0.2) is 0 Å². The predicted octanol–water partition coefficient (Wildman–Crippen LogP) is 2.35. The lowest BCUT2D eigenvalue weighted by atomic mass is 9.89. The number of rotatable bonds is 6. The summed E-state index contributed by atoms with van der Waals surface area (Å²) in [5.41, 5.74) is 5.98. The lowest BCUT2D eigenvalue weighted by Gasteiger charge is -2.35. The van der Waals surface area contributed by atoms with Crippen molar-refractivity contribution in [2.75, 3.05) is 25.1 Å². The zero-order valence-electron chi connectivity index (χ0n) is 12.0. The summed E-state index contributed by atoms with van der Waals surface area (Å²) in [7, 11) is 0. The minimum absolute atomic E-state index is 0.164. The van der Waals surface area contributed by atoms with Crippen LogP contribution < -0.4 is 5.73 Å². The van der Waals surface area contributed by atoms with Crippen molar-refractivity contribution in [3.8, 4) is 0 Å². The zero-order valence-corrected chi connectivity index (χ0v) is 12.8. The number of nitrogens with zero attached hydrogens (tertiary/aromatic N) is 1. The maximum Gasteiger partial charge on any atom is 0.239 e. The average Bonchev–Trinajstić information content (AvgIpc) is 2.34. The molecule has 2 N–H and O–H groups in total. The van der Waals surface area contributed by atoms with E-state index in [2.05, 4.69) is 20.1 Å². The summed E-state index contributed by atoms with van der Waals surface area (Å²) in [6.07, 6.45) is 6.48. The Kier molecular flexibility index (Phi) is 7.08. The van der Waals surface area contributed by atoms with E-state index in [0.717, 1.165) is 37.6 Å². The fourth-order valence-corrected chi connectivity index (χ4v) is 3.22. The average molecular weight is 272 g/mol. The minimum atomic E-state index is -0.296. The quantitative estimate of drug-likeness (QED) is 0.807. The number of nitrogens with two attached hydrogens (primary N) is 1. The molecule has 0 aliphatic carbocycles. The molecule has 1 aliphatic rings. The van der Waals surface area contributed by atoms with E-state index < -0.39 is 0 Å². The summed E-state index contributed by atoms with van der Waals surface area (Å²) in [6, 6.07) is -0.296. The molecule has 3 nitrogen and oxygen atoms in total. The summed E-state index contributed by atoms with van der Waals surface area (Å²) >= 11 is 1.75. The highest BCUT2D eigenvalue weighted by Crippen LogP contribution is 2.23. The normalized spacial score (nSPS) is 22.3. The summed E-state index contributed by atoms with van der Waals surface area (Å²) in [5, 5.41) is 0. The van der Waals surface area contributed by atoms with Crippen LogP contribution in [0.4, 0.5) is 0 Å². The van der Waals surface area contributed by atoms with Gasteiger partial charge in [-0.05, 0) is 49.5 Å². The first kappa shape index (κ1) is 15.8. The Bertz CT molecular complexity index is 258. The number of amides is 1. The van der Waals surface area contributed by atoms with Gasteiger partial charge in [-0.15, -0.1) is 0 Å². The molecule has 0 aromatic carbocycles. The fourth-order valence-electron chi connectivity index (χ4n) is 2.73. The van der Waals surface area contributed by atoms with Gasteiger partial charge in [0.1, 0.15) is 0 Å². The molecule has 106 valence electrons. The number of hydrogen-bond acceptors (Lipinski definition) is 3. The molecular formula is C14H28N2OS. The van der Waals surface area contributed by atoms with Gasteiger partial charge in [0.05, 0.1) is 6.04 Å². The molecule has 0 saturated carbocycles. The molecule has 0 spiro atoms. The summed E-state index contributed by atoms with van der Waals surface area (Å²) in [5.74, 6) is 2.53. The molecule has 0 bridgehead atoms. The molecule has 1 unspecified atom stereocenters. The van der Waals surface area contributed by atoms with Crippen LogP contribution in [-0.4, -0.2) is 41.9 Å². The molecule has 0 radical (unpaired) electrons. The molecule has 2 atom stereocenters. The Balaban J connectivity index is 2.42. The van der Waals surface area contributed by atoms with Crippen molar-refractivity contribution in [2.24, 2.45) is 17.6 Å². The van der Waals surface area contributed by atoms with Crippen molar-refractivity contribution < 1.29 is 4.79 Å². The van der Waals surface area contributed by atoms with Crippen LogP contribution in [0.2, 0.25) is 0 Å². The largest absolute Gasteiger partial charge is 0.341 e. The van der Waals surface area contributed by atoms with Crippen molar-refractivity contribution in [3.05, 3.63) is 0 Å². The van der Waals surface area contributed by atoms with E-state index in [1.54, 1.807) is 11.8 Å². The Hall–Kier alpha value is -0.220. The molecule has 18 heavy (non-hydrogen) atoms. The first-order valence-electron chi connectivity index (χ1n) is 7.08.